The van der Waals surface area contributed by atoms with Gasteiger partial charge in [-0.25, -0.2) is 0 Å². The highest BCUT2D eigenvalue weighted by atomic mass is 32.2. The maximum atomic E-state index is 12.0. The third-order valence-electron chi connectivity index (χ3n) is 3.35. The molecule has 1 amide bonds. The predicted molar refractivity (Wildman–Crippen MR) is 83.2 cm³/mol. The van der Waals surface area contributed by atoms with Gasteiger partial charge in [0, 0.05) is 11.7 Å². The first-order chi connectivity index (χ1) is 10.1. The van der Waals surface area contributed by atoms with Gasteiger partial charge in [0.25, 0.3) is 0 Å². The highest BCUT2D eigenvalue weighted by molar-refractivity contribution is 7.99. The fourth-order valence-electron chi connectivity index (χ4n) is 2.09. The number of benzene rings is 1. The van der Waals surface area contributed by atoms with Crippen molar-refractivity contribution in [2.45, 2.75) is 31.0 Å². The zero-order chi connectivity index (χ0) is 14.8. The van der Waals surface area contributed by atoms with Crippen LogP contribution in [0.15, 0.2) is 29.4 Å². The molecule has 0 bridgehead atoms. The first kappa shape index (κ1) is 13.9. The number of nitrogen functional groups attached to an aromatic ring is 1. The molecule has 7 heteroatoms. The third kappa shape index (κ3) is 3.18. The highest BCUT2D eigenvalue weighted by Crippen LogP contribution is 2.39. The van der Waals surface area contributed by atoms with E-state index < -0.39 is 0 Å². The summed E-state index contributed by atoms with van der Waals surface area (Å²) >= 11 is 1.37. The van der Waals surface area contributed by atoms with E-state index in [1.54, 1.807) is 0 Å². The van der Waals surface area contributed by atoms with E-state index in [1.165, 1.54) is 11.8 Å². The molecule has 0 saturated heterocycles. The summed E-state index contributed by atoms with van der Waals surface area (Å²) in [5.41, 5.74) is 7.69. The number of rotatable bonds is 5. The second-order valence-electron chi connectivity index (χ2n) is 5.09. The van der Waals surface area contributed by atoms with E-state index in [0.717, 1.165) is 29.2 Å². The average Bonchev–Trinajstić information content (AvgIpc) is 3.23. The Morgan fingerprint density at radius 3 is 2.90 bits per heavy atom. The van der Waals surface area contributed by atoms with E-state index >= 15 is 0 Å². The van der Waals surface area contributed by atoms with Crippen LogP contribution in [0.3, 0.4) is 0 Å². The maximum Gasteiger partial charge on any atom is 0.234 e. The van der Waals surface area contributed by atoms with Crippen molar-refractivity contribution < 1.29 is 4.79 Å². The second-order valence-corrected chi connectivity index (χ2v) is 6.04. The molecule has 6 nitrogen and oxygen atoms in total. The number of carbonyl (C=O) groups excluding carboxylic acids is 1. The summed E-state index contributed by atoms with van der Waals surface area (Å²) in [4.78, 5) is 12.0. The molecule has 1 aliphatic rings. The number of amides is 1. The van der Waals surface area contributed by atoms with E-state index in [0.29, 0.717) is 17.7 Å². The average molecular weight is 303 g/mol. The third-order valence-corrected chi connectivity index (χ3v) is 4.30. The summed E-state index contributed by atoms with van der Waals surface area (Å²) in [5.74, 6) is 0.664. The molecule has 3 N–H and O–H groups in total. The Balaban J connectivity index is 1.60. The van der Waals surface area contributed by atoms with Gasteiger partial charge in [0.2, 0.25) is 11.9 Å². The van der Waals surface area contributed by atoms with Crippen molar-refractivity contribution in [3.63, 3.8) is 0 Å². The fourth-order valence-corrected chi connectivity index (χ4v) is 2.90. The summed E-state index contributed by atoms with van der Waals surface area (Å²) in [5, 5.41) is 11.6. The minimum atomic E-state index is -0.0572. The normalized spacial score (nSPS) is 14.1. The van der Waals surface area contributed by atoms with Crippen LogP contribution >= 0.6 is 11.8 Å². The fraction of sp³-hybridized carbons (Fsp3) is 0.357. The van der Waals surface area contributed by atoms with Crippen LogP contribution in [0.2, 0.25) is 0 Å². The topological polar surface area (TPSA) is 85.8 Å². The van der Waals surface area contributed by atoms with E-state index in [1.807, 2.05) is 35.8 Å². The van der Waals surface area contributed by atoms with Gasteiger partial charge in [0.15, 0.2) is 5.16 Å². The summed E-state index contributed by atoms with van der Waals surface area (Å²) in [7, 11) is 0. The van der Waals surface area contributed by atoms with Gasteiger partial charge >= 0.3 is 0 Å². The standard InChI is InChI=1S/C14H17N5OS/c1-9-4-2-3-5-11(9)16-12(20)8-21-14-18-17-13(15)19(14)10-6-7-10/h2-5,10H,6-8H2,1H3,(H2,15,17)(H,16,20). The minimum Gasteiger partial charge on any atom is -0.368 e. The molecule has 1 aromatic carbocycles. The van der Waals surface area contributed by atoms with E-state index in [4.69, 9.17) is 5.73 Å². The van der Waals surface area contributed by atoms with Crippen LogP contribution in [0.5, 0.6) is 0 Å². The molecule has 0 spiro atoms. The lowest BCUT2D eigenvalue weighted by molar-refractivity contribution is -0.113. The van der Waals surface area contributed by atoms with Crippen molar-refractivity contribution in [1.82, 2.24) is 14.8 Å². The number of para-hydroxylation sites is 1. The Kier molecular flexibility index (Phi) is 3.83. The van der Waals surface area contributed by atoms with Crippen LogP contribution in [0.25, 0.3) is 0 Å². The number of hydrogen-bond donors (Lipinski definition) is 2. The molecular formula is C14H17N5OS. The number of aromatic nitrogens is 3. The van der Waals surface area contributed by atoms with E-state index in [9.17, 15) is 4.79 Å². The van der Waals surface area contributed by atoms with Gasteiger partial charge in [-0.05, 0) is 31.4 Å². The van der Waals surface area contributed by atoms with Crippen LogP contribution < -0.4 is 11.1 Å². The van der Waals surface area contributed by atoms with Crippen LogP contribution in [-0.2, 0) is 4.79 Å². The van der Waals surface area contributed by atoms with Crippen molar-refractivity contribution >= 4 is 29.3 Å². The van der Waals surface area contributed by atoms with E-state index in [-0.39, 0.29) is 5.91 Å². The molecule has 0 radical (unpaired) electrons. The van der Waals surface area contributed by atoms with Crippen LogP contribution in [0.4, 0.5) is 11.6 Å². The molecule has 1 fully saturated rings. The highest BCUT2D eigenvalue weighted by Gasteiger charge is 2.29. The molecule has 21 heavy (non-hydrogen) atoms. The molecular weight excluding hydrogens is 286 g/mol. The zero-order valence-electron chi connectivity index (χ0n) is 11.7. The SMILES string of the molecule is Cc1ccccc1NC(=O)CSc1nnc(N)n1C1CC1. The monoisotopic (exact) mass is 303 g/mol. The number of nitrogens with two attached hydrogens (primary N) is 1. The summed E-state index contributed by atoms with van der Waals surface area (Å²) in [6.07, 6.45) is 2.20. The minimum absolute atomic E-state index is 0.0572. The quantitative estimate of drug-likeness (QED) is 0.827. The number of nitrogens with one attached hydrogen (secondary N) is 1. The van der Waals surface area contributed by atoms with Crippen molar-refractivity contribution in [1.29, 1.82) is 0 Å². The first-order valence-corrected chi connectivity index (χ1v) is 7.82. The predicted octanol–water partition coefficient (Wildman–Crippen LogP) is 2.23. The molecule has 0 atom stereocenters. The molecule has 2 aromatic rings. The number of anilines is 2. The largest absolute Gasteiger partial charge is 0.368 e. The molecule has 0 aliphatic heterocycles. The molecule has 1 heterocycles. The van der Waals surface area contributed by atoms with Crippen LogP contribution in [0, 0.1) is 6.92 Å². The van der Waals surface area contributed by atoms with Crippen LogP contribution in [-0.4, -0.2) is 26.4 Å². The number of thioether (sulfide) groups is 1. The molecule has 0 unspecified atom stereocenters. The van der Waals surface area contributed by atoms with Gasteiger partial charge in [0.1, 0.15) is 0 Å². The summed E-state index contributed by atoms with van der Waals surface area (Å²) in [6, 6.07) is 8.11. The van der Waals surface area contributed by atoms with Gasteiger partial charge in [-0.1, -0.05) is 30.0 Å². The molecule has 3 rings (SSSR count). The summed E-state index contributed by atoms with van der Waals surface area (Å²) in [6.45, 7) is 1.97. The summed E-state index contributed by atoms with van der Waals surface area (Å²) < 4.78 is 1.92. The Bertz CT molecular complexity index is 665. The van der Waals surface area contributed by atoms with Gasteiger partial charge in [0.05, 0.1) is 5.75 Å². The van der Waals surface area contributed by atoms with Gasteiger partial charge < -0.3 is 11.1 Å². The molecule has 1 aromatic heterocycles. The van der Waals surface area contributed by atoms with Crippen LogP contribution in [0.1, 0.15) is 24.4 Å². The van der Waals surface area contributed by atoms with Crippen molar-refractivity contribution in [3.8, 4) is 0 Å². The Labute approximate surface area is 127 Å². The zero-order valence-corrected chi connectivity index (χ0v) is 12.6. The molecule has 1 aliphatic carbocycles. The lowest BCUT2D eigenvalue weighted by Crippen LogP contribution is -2.15. The van der Waals surface area contributed by atoms with Crippen molar-refractivity contribution in [2.75, 3.05) is 16.8 Å². The van der Waals surface area contributed by atoms with E-state index in [2.05, 4.69) is 15.5 Å². The Morgan fingerprint density at radius 2 is 2.19 bits per heavy atom. The number of carbonyl (C=O) groups is 1. The van der Waals surface area contributed by atoms with Gasteiger partial charge in [-0.3, -0.25) is 9.36 Å². The smallest absolute Gasteiger partial charge is 0.234 e. The van der Waals surface area contributed by atoms with Gasteiger partial charge in [-0.15, -0.1) is 10.2 Å². The Hall–Kier alpha value is -2.02. The lowest BCUT2D eigenvalue weighted by atomic mass is 10.2. The number of aryl methyl sites for hydroxylation is 1. The lowest BCUT2D eigenvalue weighted by Gasteiger charge is -2.08. The van der Waals surface area contributed by atoms with Gasteiger partial charge in [-0.2, -0.15) is 0 Å². The first-order valence-electron chi connectivity index (χ1n) is 6.84. The van der Waals surface area contributed by atoms with Crippen molar-refractivity contribution in [3.05, 3.63) is 29.8 Å². The molecule has 1 saturated carbocycles. The maximum absolute atomic E-state index is 12.0. The second kappa shape index (κ2) is 5.77. The number of hydrogen-bond acceptors (Lipinski definition) is 5. The number of nitrogens with zero attached hydrogens (tertiary/aromatic N) is 3. The Morgan fingerprint density at radius 1 is 1.43 bits per heavy atom. The molecule has 110 valence electrons. The van der Waals surface area contributed by atoms with Crippen molar-refractivity contribution in [2.24, 2.45) is 0 Å².